The van der Waals surface area contributed by atoms with Crippen molar-refractivity contribution in [2.45, 2.75) is 37.8 Å². The van der Waals surface area contributed by atoms with Crippen LogP contribution in [0.3, 0.4) is 0 Å². The Labute approximate surface area is 156 Å². The summed E-state index contributed by atoms with van der Waals surface area (Å²) in [5.41, 5.74) is 0.931. The quantitative estimate of drug-likeness (QED) is 0.623. The van der Waals surface area contributed by atoms with Crippen LogP contribution >= 0.6 is 11.3 Å². The van der Waals surface area contributed by atoms with E-state index >= 15 is 0 Å². The number of nitrogens with zero attached hydrogens (tertiary/aromatic N) is 2. The SMILES string of the molecule is CNc1cc(Oc2ccc3nc(N[C@@H]4CCCC[C@H]4O)sc3c2)ccn1. The molecule has 136 valence electrons. The summed E-state index contributed by atoms with van der Waals surface area (Å²) in [5.74, 6) is 2.26. The zero-order valence-electron chi connectivity index (χ0n) is 14.6. The van der Waals surface area contributed by atoms with Crippen LogP contribution < -0.4 is 15.4 Å². The molecule has 0 aliphatic heterocycles. The molecule has 1 aromatic carbocycles. The first-order valence-electron chi connectivity index (χ1n) is 8.88. The van der Waals surface area contributed by atoms with Crippen molar-refractivity contribution in [3.05, 3.63) is 36.5 Å². The predicted octanol–water partition coefficient (Wildman–Crippen LogP) is 4.24. The number of hydrogen-bond acceptors (Lipinski definition) is 7. The number of pyridine rings is 1. The van der Waals surface area contributed by atoms with Gasteiger partial charge in [-0.25, -0.2) is 9.97 Å². The van der Waals surface area contributed by atoms with Crippen molar-refractivity contribution >= 4 is 32.5 Å². The number of aromatic nitrogens is 2. The molecule has 0 saturated heterocycles. The first-order chi connectivity index (χ1) is 12.7. The number of nitrogens with one attached hydrogen (secondary N) is 2. The number of anilines is 2. The molecule has 4 rings (SSSR count). The van der Waals surface area contributed by atoms with Crippen molar-refractivity contribution in [3.63, 3.8) is 0 Å². The Morgan fingerprint density at radius 1 is 1.15 bits per heavy atom. The summed E-state index contributed by atoms with van der Waals surface area (Å²) in [4.78, 5) is 8.82. The maximum atomic E-state index is 10.1. The van der Waals surface area contributed by atoms with Gasteiger partial charge in [0.2, 0.25) is 0 Å². The first kappa shape index (κ1) is 17.1. The fourth-order valence-electron chi connectivity index (χ4n) is 3.22. The summed E-state index contributed by atoms with van der Waals surface area (Å²) in [6.45, 7) is 0. The van der Waals surface area contributed by atoms with Crippen molar-refractivity contribution in [1.29, 1.82) is 0 Å². The summed E-state index contributed by atoms with van der Waals surface area (Å²) < 4.78 is 7.00. The maximum Gasteiger partial charge on any atom is 0.184 e. The van der Waals surface area contributed by atoms with E-state index < -0.39 is 0 Å². The lowest BCUT2D eigenvalue weighted by molar-refractivity contribution is 0.116. The first-order valence-corrected chi connectivity index (χ1v) is 9.70. The molecule has 1 aliphatic rings. The van der Waals surface area contributed by atoms with Crippen molar-refractivity contribution in [1.82, 2.24) is 9.97 Å². The lowest BCUT2D eigenvalue weighted by Crippen LogP contribution is -2.36. The Kier molecular flexibility index (Phi) is 4.90. The zero-order chi connectivity index (χ0) is 17.9. The molecule has 3 aromatic rings. The van der Waals surface area contributed by atoms with Gasteiger partial charge in [0.05, 0.1) is 22.4 Å². The van der Waals surface area contributed by atoms with Crippen LogP contribution in [-0.4, -0.2) is 34.3 Å². The summed E-state index contributed by atoms with van der Waals surface area (Å²) in [5, 5.41) is 17.4. The van der Waals surface area contributed by atoms with Crippen LogP contribution in [0.1, 0.15) is 25.7 Å². The highest BCUT2D eigenvalue weighted by Gasteiger charge is 2.23. The number of hydrogen-bond donors (Lipinski definition) is 3. The molecule has 1 saturated carbocycles. The smallest absolute Gasteiger partial charge is 0.184 e. The molecule has 7 heteroatoms. The van der Waals surface area contributed by atoms with Gasteiger partial charge in [-0.15, -0.1) is 0 Å². The van der Waals surface area contributed by atoms with Gasteiger partial charge in [-0.1, -0.05) is 24.2 Å². The molecular formula is C19H22N4O2S. The van der Waals surface area contributed by atoms with E-state index in [9.17, 15) is 5.11 Å². The minimum Gasteiger partial charge on any atom is -0.457 e. The number of ether oxygens (including phenoxy) is 1. The minimum atomic E-state index is -0.289. The van der Waals surface area contributed by atoms with Gasteiger partial charge in [0.25, 0.3) is 0 Å². The van der Waals surface area contributed by atoms with Gasteiger partial charge in [-0.3, -0.25) is 0 Å². The van der Waals surface area contributed by atoms with E-state index in [1.807, 2.05) is 37.4 Å². The van der Waals surface area contributed by atoms with Crippen LogP contribution in [0.5, 0.6) is 11.5 Å². The van der Waals surface area contributed by atoms with E-state index in [1.54, 1.807) is 17.5 Å². The largest absolute Gasteiger partial charge is 0.457 e. The van der Waals surface area contributed by atoms with E-state index in [0.717, 1.165) is 58.3 Å². The van der Waals surface area contributed by atoms with Crippen LogP contribution in [0.2, 0.25) is 0 Å². The van der Waals surface area contributed by atoms with Gasteiger partial charge in [0.1, 0.15) is 17.3 Å². The standard InChI is InChI=1S/C19H22N4O2S/c1-20-18-11-13(8-9-21-18)25-12-6-7-15-17(10-12)26-19(23-15)22-14-4-2-3-5-16(14)24/h6-11,14,16,24H,2-5H2,1H3,(H,20,21)(H,22,23)/t14-,16-/m1/s1. The highest BCUT2D eigenvalue weighted by atomic mass is 32.1. The van der Waals surface area contributed by atoms with Gasteiger partial charge < -0.3 is 20.5 Å². The van der Waals surface area contributed by atoms with Crippen molar-refractivity contribution < 1.29 is 9.84 Å². The molecule has 1 aliphatic carbocycles. The molecule has 0 radical (unpaired) electrons. The molecule has 2 atom stereocenters. The Bertz CT molecular complexity index is 898. The van der Waals surface area contributed by atoms with E-state index in [0.29, 0.717) is 0 Å². The number of aliphatic hydroxyl groups excluding tert-OH is 1. The molecule has 2 aromatic heterocycles. The molecule has 0 amide bonds. The monoisotopic (exact) mass is 370 g/mol. The number of benzene rings is 1. The molecule has 2 heterocycles. The van der Waals surface area contributed by atoms with Crippen LogP contribution in [0, 0.1) is 0 Å². The molecule has 0 unspecified atom stereocenters. The molecule has 3 N–H and O–H groups in total. The third-order valence-electron chi connectivity index (χ3n) is 4.62. The van der Waals surface area contributed by atoms with E-state index in [2.05, 4.69) is 20.6 Å². The third kappa shape index (κ3) is 3.73. The van der Waals surface area contributed by atoms with Crippen LogP contribution in [-0.2, 0) is 0 Å². The second-order valence-corrected chi connectivity index (χ2v) is 7.51. The van der Waals surface area contributed by atoms with Crippen molar-refractivity contribution in [3.8, 4) is 11.5 Å². The van der Waals surface area contributed by atoms with Gasteiger partial charge in [0, 0.05) is 25.4 Å². The van der Waals surface area contributed by atoms with E-state index in [-0.39, 0.29) is 12.1 Å². The predicted molar refractivity (Wildman–Crippen MR) is 105 cm³/mol. The van der Waals surface area contributed by atoms with Crippen molar-refractivity contribution in [2.24, 2.45) is 0 Å². The number of thiazole rings is 1. The highest BCUT2D eigenvalue weighted by Crippen LogP contribution is 2.33. The average molecular weight is 370 g/mol. The number of fused-ring (bicyclic) bond motifs is 1. The summed E-state index contributed by atoms with van der Waals surface area (Å²) >= 11 is 1.59. The summed E-state index contributed by atoms with van der Waals surface area (Å²) in [7, 11) is 1.83. The Morgan fingerprint density at radius 2 is 2.00 bits per heavy atom. The third-order valence-corrected chi connectivity index (χ3v) is 5.57. The Morgan fingerprint density at radius 3 is 2.85 bits per heavy atom. The fraction of sp³-hybridized carbons (Fsp3) is 0.368. The Hall–Kier alpha value is -2.38. The molecular weight excluding hydrogens is 348 g/mol. The van der Waals surface area contributed by atoms with Crippen LogP contribution in [0.15, 0.2) is 36.5 Å². The van der Waals surface area contributed by atoms with Crippen LogP contribution in [0.25, 0.3) is 10.2 Å². The lowest BCUT2D eigenvalue weighted by Gasteiger charge is -2.27. The van der Waals surface area contributed by atoms with Crippen LogP contribution in [0.4, 0.5) is 10.9 Å². The molecule has 0 bridgehead atoms. The van der Waals surface area contributed by atoms with Gasteiger partial charge >= 0.3 is 0 Å². The van der Waals surface area contributed by atoms with Gasteiger partial charge in [-0.05, 0) is 31.0 Å². The zero-order valence-corrected chi connectivity index (χ0v) is 15.4. The van der Waals surface area contributed by atoms with Gasteiger partial charge in [-0.2, -0.15) is 0 Å². The Balaban J connectivity index is 1.51. The topological polar surface area (TPSA) is 79.3 Å². The molecule has 0 spiro atoms. The molecule has 1 fully saturated rings. The fourth-order valence-corrected chi connectivity index (χ4v) is 4.17. The number of rotatable bonds is 5. The average Bonchev–Trinajstić information content (AvgIpc) is 3.05. The minimum absolute atomic E-state index is 0.0943. The summed E-state index contributed by atoms with van der Waals surface area (Å²) in [6.07, 6.45) is 5.52. The van der Waals surface area contributed by atoms with E-state index in [4.69, 9.17) is 4.74 Å². The molecule has 6 nitrogen and oxygen atoms in total. The van der Waals surface area contributed by atoms with E-state index in [1.165, 1.54) is 0 Å². The van der Waals surface area contributed by atoms with Crippen molar-refractivity contribution in [2.75, 3.05) is 17.7 Å². The van der Waals surface area contributed by atoms with Gasteiger partial charge in [0.15, 0.2) is 5.13 Å². The second-order valence-electron chi connectivity index (χ2n) is 6.48. The molecule has 26 heavy (non-hydrogen) atoms. The normalized spacial score (nSPS) is 20.1. The second kappa shape index (κ2) is 7.47. The lowest BCUT2D eigenvalue weighted by atomic mass is 9.93. The summed E-state index contributed by atoms with van der Waals surface area (Å²) in [6, 6.07) is 9.65. The number of aliphatic hydroxyl groups is 1. The highest BCUT2D eigenvalue weighted by molar-refractivity contribution is 7.22. The maximum absolute atomic E-state index is 10.1.